The van der Waals surface area contributed by atoms with Gasteiger partial charge in [-0.05, 0) is 49.8 Å². The third-order valence-electron chi connectivity index (χ3n) is 4.33. The highest BCUT2D eigenvalue weighted by molar-refractivity contribution is 14.0. The number of hydrogen-bond acceptors (Lipinski definition) is 2. The molecule has 1 N–H and O–H groups in total. The smallest absolute Gasteiger partial charge is 0.198 e. The van der Waals surface area contributed by atoms with Crippen LogP contribution in [0.3, 0.4) is 0 Å². The first-order valence-electron chi connectivity index (χ1n) is 8.90. The monoisotopic (exact) mass is 453 g/mol. The maximum atomic E-state index is 4.87. The molecule has 1 aromatic carbocycles. The lowest BCUT2D eigenvalue weighted by Gasteiger charge is -2.30. The highest BCUT2D eigenvalue weighted by atomic mass is 127. The fraction of sp³-hybridized carbons (Fsp3) is 0.474. The van der Waals surface area contributed by atoms with Crippen molar-refractivity contribution >= 4 is 35.6 Å². The van der Waals surface area contributed by atoms with Crippen molar-refractivity contribution in [2.75, 3.05) is 25.0 Å². The number of nitrogens with zero attached hydrogens (tertiary/aromatic N) is 4. The number of hydrogen-bond donors (Lipinski definition) is 1. The number of aliphatic imine (C=N–C) groups is 1. The van der Waals surface area contributed by atoms with E-state index in [1.165, 1.54) is 24.8 Å². The summed E-state index contributed by atoms with van der Waals surface area (Å²) in [4.78, 5) is 7.26. The number of guanidine groups is 1. The van der Waals surface area contributed by atoms with E-state index in [9.17, 15) is 0 Å². The quantitative estimate of drug-likeness (QED) is 0.323. The summed E-state index contributed by atoms with van der Waals surface area (Å²) in [5.41, 5.74) is 2.39. The number of piperidine rings is 1. The summed E-state index contributed by atoms with van der Waals surface area (Å²) in [6, 6.07) is 10.3. The molecule has 0 aliphatic carbocycles. The Balaban J connectivity index is 0.00000225. The molecule has 0 atom stereocenters. The predicted octanol–water partition coefficient (Wildman–Crippen LogP) is 3.92. The Labute approximate surface area is 167 Å². The largest absolute Gasteiger partial charge is 0.343 e. The van der Waals surface area contributed by atoms with Crippen molar-refractivity contribution in [2.24, 2.45) is 12.0 Å². The van der Waals surface area contributed by atoms with Gasteiger partial charge in [0.2, 0.25) is 0 Å². The maximum absolute atomic E-state index is 4.87. The predicted molar refractivity (Wildman–Crippen MR) is 115 cm³/mol. The Kier molecular flexibility index (Phi) is 8.24. The van der Waals surface area contributed by atoms with Gasteiger partial charge in [-0.25, -0.2) is 0 Å². The summed E-state index contributed by atoms with van der Waals surface area (Å²) in [5, 5.41) is 7.73. The van der Waals surface area contributed by atoms with Gasteiger partial charge < -0.3 is 10.2 Å². The number of aryl methyl sites for hydroxylation is 2. The normalized spacial score (nSPS) is 14.9. The molecule has 0 saturated carbocycles. The van der Waals surface area contributed by atoms with Gasteiger partial charge in [-0.15, -0.1) is 24.0 Å². The SMILES string of the molecule is Cn1cc(CCCN=C(Nc2ccccc2)N2CCCCC2)cn1.I. The van der Waals surface area contributed by atoms with Gasteiger partial charge in [0.15, 0.2) is 5.96 Å². The topological polar surface area (TPSA) is 45.5 Å². The highest BCUT2D eigenvalue weighted by Crippen LogP contribution is 2.13. The number of likely N-dealkylation sites (tertiary alicyclic amines) is 1. The van der Waals surface area contributed by atoms with Gasteiger partial charge in [0, 0.05) is 38.6 Å². The molecule has 5 nitrogen and oxygen atoms in total. The van der Waals surface area contributed by atoms with E-state index >= 15 is 0 Å². The molecule has 1 saturated heterocycles. The molecule has 136 valence electrons. The molecule has 1 fully saturated rings. The number of rotatable bonds is 5. The van der Waals surface area contributed by atoms with Crippen LogP contribution in [0, 0.1) is 0 Å². The standard InChI is InChI=1S/C19H27N5.HI/c1-23-16-17(15-21-23)9-8-12-20-19(24-13-6-3-7-14-24)22-18-10-4-2-5-11-18;/h2,4-5,10-11,15-16H,3,6-9,12-14H2,1H3,(H,20,22);1H. The van der Waals surface area contributed by atoms with Crippen LogP contribution < -0.4 is 5.32 Å². The summed E-state index contributed by atoms with van der Waals surface area (Å²) in [6.45, 7) is 3.03. The number of halogens is 1. The van der Waals surface area contributed by atoms with E-state index < -0.39 is 0 Å². The Morgan fingerprint density at radius 2 is 1.92 bits per heavy atom. The first kappa shape index (κ1) is 19.8. The first-order valence-corrected chi connectivity index (χ1v) is 8.90. The lowest BCUT2D eigenvalue weighted by molar-refractivity contribution is 0.340. The van der Waals surface area contributed by atoms with Gasteiger partial charge in [-0.2, -0.15) is 5.10 Å². The van der Waals surface area contributed by atoms with E-state index in [0.29, 0.717) is 0 Å². The summed E-state index contributed by atoms with van der Waals surface area (Å²) in [5.74, 6) is 1.02. The minimum absolute atomic E-state index is 0. The second-order valence-electron chi connectivity index (χ2n) is 6.37. The Hall–Kier alpha value is -1.57. The van der Waals surface area contributed by atoms with Crippen molar-refractivity contribution in [2.45, 2.75) is 32.1 Å². The van der Waals surface area contributed by atoms with E-state index in [2.05, 4.69) is 45.8 Å². The molecule has 1 aliphatic heterocycles. The molecule has 0 spiro atoms. The number of anilines is 1. The van der Waals surface area contributed by atoms with Crippen LogP contribution in [0.2, 0.25) is 0 Å². The van der Waals surface area contributed by atoms with E-state index in [4.69, 9.17) is 4.99 Å². The van der Waals surface area contributed by atoms with E-state index in [-0.39, 0.29) is 24.0 Å². The van der Waals surface area contributed by atoms with Crippen molar-refractivity contribution in [3.63, 3.8) is 0 Å². The van der Waals surface area contributed by atoms with Gasteiger partial charge in [-0.3, -0.25) is 9.67 Å². The molecule has 1 aromatic heterocycles. The fourth-order valence-electron chi connectivity index (χ4n) is 3.04. The Morgan fingerprint density at radius 1 is 1.16 bits per heavy atom. The van der Waals surface area contributed by atoms with Crippen LogP contribution in [0.1, 0.15) is 31.2 Å². The van der Waals surface area contributed by atoms with Crippen LogP contribution in [-0.2, 0) is 13.5 Å². The van der Waals surface area contributed by atoms with Gasteiger partial charge in [0.25, 0.3) is 0 Å². The third-order valence-corrected chi connectivity index (χ3v) is 4.33. The molecule has 6 heteroatoms. The average molecular weight is 453 g/mol. The van der Waals surface area contributed by atoms with Gasteiger partial charge >= 0.3 is 0 Å². The zero-order chi connectivity index (χ0) is 16.6. The highest BCUT2D eigenvalue weighted by Gasteiger charge is 2.14. The maximum Gasteiger partial charge on any atom is 0.198 e. The molecule has 0 amide bonds. The molecular formula is C19H28IN5. The van der Waals surface area contributed by atoms with Crippen molar-refractivity contribution in [1.29, 1.82) is 0 Å². The zero-order valence-corrected chi connectivity index (χ0v) is 17.2. The number of para-hydroxylation sites is 1. The molecule has 2 heterocycles. The number of benzene rings is 1. The van der Waals surface area contributed by atoms with E-state index in [1.807, 2.05) is 24.0 Å². The lowest BCUT2D eigenvalue weighted by atomic mass is 10.1. The zero-order valence-electron chi connectivity index (χ0n) is 14.9. The summed E-state index contributed by atoms with van der Waals surface area (Å²) in [7, 11) is 1.96. The minimum Gasteiger partial charge on any atom is -0.343 e. The second-order valence-corrected chi connectivity index (χ2v) is 6.37. The fourth-order valence-corrected chi connectivity index (χ4v) is 3.04. The molecule has 25 heavy (non-hydrogen) atoms. The van der Waals surface area contributed by atoms with Crippen LogP contribution >= 0.6 is 24.0 Å². The summed E-state index contributed by atoms with van der Waals surface area (Å²) in [6.07, 6.45) is 9.93. The molecular weight excluding hydrogens is 425 g/mol. The Bertz CT molecular complexity index is 647. The van der Waals surface area contributed by atoms with Crippen molar-refractivity contribution < 1.29 is 0 Å². The van der Waals surface area contributed by atoms with Gasteiger partial charge in [0.1, 0.15) is 0 Å². The molecule has 0 bridgehead atoms. The summed E-state index contributed by atoms with van der Waals surface area (Å²) >= 11 is 0. The third kappa shape index (κ3) is 6.34. The first-order chi connectivity index (χ1) is 11.8. The van der Waals surface area contributed by atoms with Gasteiger partial charge in [0.05, 0.1) is 6.20 Å². The summed E-state index contributed by atoms with van der Waals surface area (Å²) < 4.78 is 1.86. The van der Waals surface area contributed by atoms with Crippen LogP contribution in [0.4, 0.5) is 5.69 Å². The van der Waals surface area contributed by atoms with Crippen LogP contribution in [-0.4, -0.2) is 40.3 Å². The molecule has 2 aromatic rings. The van der Waals surface area contributed by atoms with Crippen LogP contribution in [0.5, 0.6) is 0 Å². The molecule has 0 unspecified atom stereocenters. The van der Waals surface area contributed by atoms with Crippen LogP contribution in [0.25, 0.3) is 0 Å². The number of nitrogens with one attached hydrogen (secondary N) is 1. The van der Waals surface area contributed by atoms with Gasteiger partial charge in [-0.1, -0.05) is 18.2 Å². The van der Waals surface area contributed by atoms with Crippen molar-refractivity contribution in [3.8, 4) is 0 Å². The lowest BCUT2D eigenvalue weighted by Crippen LogP contribution is -2.40. The minimum atomic E-state index is 0. The molecule has 0 radical (unpaired) electrons. The van der Waals surface area contributed by atoms with Crippen molar-refractivity contribution in [1.82, 2.24) is 14.7 Å². The molecule has 3 rings (SSSR count). The second kappa shape index (κ2) is 10.4. The molecule has 1 aliphatic rings. The van der Waals surface area contributed by atoms with Crippen LogP contribution in [0.15, 0.2) is 47.7 Å². The Morgan fingerprint density at radius 3 is 2.60 bits per heavy atom. The van der Waals surface area contributed by atoms with Crippen molar-refractivity contribution in [3.05, 3.63) is 48.3 Å². The van der Waals surface area contributed by atoms with E-state index in [1.54, 1.807) is 0 Å². The average Bonchev–Trinajstić information content (AvgIpc) is 3.04. The number of aromatic nitrogens is 2. The van der Waals surface area contributed by atoms with E-state index in [0.717, 1.165) is 44.1 Å².